The van der Waals surface area contributed by atoms with E-state index in [-0.39, 0.29) is 23.6 Å². The molecule has 10 heteroatoms. The summed E-state index contributed by atoms with van der Waals surface area (Å²) in [5, 5.41) is 9.35. The van der Waals surface area contributed by atoms with Crippen molar-refractivity contribution < 1.29 is 18.0 Å². The van der Waals surface area contributed by atoms with E-state index in [4.69, 9.17) is 0 Å². The molecule has 1 amide bonds. The lowest BCUT2D eigenvalue weighted by molar-refractivity contribution is -0.140. The first-order chi connectivity index (χ1) is 16.8. The number of fused-ring (bicyclic) bond motifs is 1. The zero-order valence-corrected chi connectivity index (χ0v) is 20.1. The molecule has 0 aromatic carbocycles. The number of halogens is 3. The van der Waals surface area contributed by atoms with Gasteiger partial charge in [0.25, 0.3) is 5.91 Å². The van der Waals surface area contributed by atoms with Crippen molar-refractivity contribution in [3.05, 3.63) is 66.3 Å². The number of pyridine rings is 2. The summed E-state index contributed by atoms with van der Waals surface area (Å²) in [6, 6.07) is 6.77. The first kappa shape index (κ1) is 26.1. The SMILES string of the molecule is C=CNc1nccc(C(=O)NC2CCC(Nc3cccc4nc(C(F)(F)F)cn34)CC2)c1C.CC. The van der Waals surface area contributed by atoms with Crippen molar-refractivity contribution in [3.63, 3.8) is 0 Å². The highest BCUT2D eigenvalue weighted by Gasteiger charge is 2.34. The molecule has 0 saturated heterocycles. The summed E-state index contributed by atoms with van der Waals surface area (Å²) in [7, 11) is 0. The zero-order chi connectivity index (χ0) is 25.6. The van der Waals surface area contributed by atoms with Gasteiger partial charge >= 0.3 is 6.18 Å². The molecule has 188 valence electrons. The Kier molecular flexibility index (Phi) is 8.37. The van der Waals surface area contributed by atoms with Crippen LogP contribution in [0.5, 0.6) is 0 Å². The molecule has 1 fully saturated rings. The second-order valence-electron chi connectivity index (χ2n) is 8.11. The van der Waals surface area contributed by atoms with Crippen LogP contribution in [0.3, 0.4) is 0 Å². The fraction of sp³-hybridized carbons (Fsp3) is 0.400. The molecule has 0 unspecified atom stereocenters. The lowest BCUT2D eigenvalue weighted by atomic mass is 9.91. The number of hydrogen-bond donors (Lipinski definition) is 3. The molecular formula is C25H31F3N6O. The van der Waals surface area contributed by atoms with Gasteiger partial charge in [-0.3, -0.25) is 9.20 Å². The van der Waals surface area contributed by atoms with Gasteiger partial charge in [0.05, 0.1) is 0 Å². The van der Waals surface area contributed by atoms with Crippen molar-refractivity contribution >= 4 is 23.2 Å². The summed E-state index contributed by atoms with van der Waals surface area (Å²) >= 11 is 0. The Hall–Kier alpha value is -3.56. The number of amides is 1. The predicted molar refractivity (Wildman–Crippen MR) is 131 cm³/mol. The van der Waals surface area contributed by atoms with Crippen LogP contribution < -0.4 is 16.0 Å². The number of nitrogens with one attached hydrogen (secondary N) is 3. The Morgan fingerprint density at radius 3 is 2.49 bits per heavy atom. The van der Waals surface area contributed by atoms with E-state index < -0.39 is 11.9 Å². The quantitative estimate of drug-likeness (QED) is 0.409. The highest BCUT2D eigenvalue weighted by atomic mass is 19.4. The van der Waals surface area contributed by atoms with Crippen LogP contribution in [0.1, 0.15) is 61.1 Å². The third kappa shape index (κ3) is 6.12. The van der Waals surface area contributed by atoms with Crippen LogP contribution in [0.15, 0.2) is 49.4 Å². The molecule has 3 heterocycles. The molecule has 4 rings (SSSR count). The average Bonchev–Trinajstić information content (AvgIpc) is 3.29. The molecule has 0 atom stereocenters. The number of carbonyl (C=O) groups is 1. The lowest BCUT2D eigenvalue weighted by Gasteiger charge is -2.30. The van der Waals surface area contributed by atoms with E-state index in [9.17, 15) is 18.0 Å². The molecule has 7 nitrogen and oxygen atoms in total. The molecule has 1 aliphatic rings. The predicted octanol–water partition coefficient (Wildman–Crippen LogP) is 5.79. The van der Waals surface area contributed by atoms with Gasteiger partial charge in [-0.2, -0.15) is 13.2 Å². The molecule has 35 heavy (non-hydrogen) atoms. The van der Waals surface area contributed by atoms with Crippen LogP contribution in [0, 0.1) is 6.92 Å². The highest BCUT2D eigenvalue weighted by molar-refractivity contribution is 5.96. The van der Waals surface area contributed by atoms with Gasteiger partial charge in [-0.1, -0.05) is 26.5 Å². The summed E-state index contributed by atoms with van der Waals surface area (Å²) in [5.41, 5.74) is 0.631. The van der Waals surface area contributed by atoms with Crippen molar-refractivity contribution in [2.24, 2.45) is 0 Å². The smallest absolute Gasteiger partial charge is 0.368 e. The standard InChI is InChI=1S/C23H25F3N6O.C2H6/c1-3-27-21-14(2)17(11-12-28-21)22(33)30-16-9-7-15(8-10-16)29-19-5-4-6-20-31-18(13-32(19)20)23(24,25)26;1-2/h3-6,11-13,15-16,29H,1,7-10H2,2H3,(H,27,28)(H,30,33);1-2H3. The van der Waals surface area contributed by atoms with E-state index >= 15 is 0 Å². The summed E-state index contributed by atoms with van der Waals surface area (Å²) in [5.74, 6) is 1.01. The molecule has 0 aliphatic heterocycles. The van der Waals surface area contributed by atoms with Crippen molar-refractivity contribution in [2.75, 3.05) is 10.6 Å². The first-order valence-corrected chi connectivity index (χ1v) is 11.7. The molecule has 3 aromatic heterocycles. The van der Waals surface area contributed by atoms with Gasteiger partial charge in [0, 0.05) is 35.6 Å². The molecule has 3 aromatic rings. The zero-order valence-electron chi connectivity index (χ0n) is 20.1. The second-order valence-corrected chi connectivity index (χ2v) is 8.11. The van der Waals surface area contributed by atoms with Gasteiger partial charge in [-0.25, -0.2) is 9.97 Å². The van der Waals surface area contributed by atoms with E-state index in [1.54, 1.807) is 30.5 Å². The number of rotatable bonds is 6. The molecular weight excluding hydrogens is 457 g/mol. The van der Waals surface area contributed by atoms with Crippen LogP contribution in [-0.2, 0) is 6.18 Å². The topological polar surface area (TPSA) is 83.3 Å². The Bertz CT molecular complexity index is 1170. The van der Waals surface area contributed by atoms with Crippen molar-refractivity contribution in [1.82, 2.24) is 19.7 Å². The number of aromatic nitrogens is 3. The minimum absolute atomic E-state index is 0.0276. The van der Waals surface area contributed by atoms with Crippen molar-refractivity contribution in [1.29, 1.82) is 0 Å². The van der Waals surface area contributed by atoms with Crippen LogP contribution in [-0.4, -0.2) is 32.4 Å². The van der Waals surface area contributed by atoms with Crippen molar-refractivity contribution in [2.45, 2.75) is 64.7 Å². The molecule has 1 aliphatic carbocycles. The van der Waals surface area contributed by atoms with E-state index in [0.29, 0.717) is 17.2 Å². The number of imidazole rings is 1. The van der Waals surface area contributed by atoms with Crippen molar-refractivity contribution in [3.8, 4) is 0 Å². The first-order valence-electron chi connectivity index (χ1n) is 11.7. The minimum Gasteiger partial charge on any atom is -0.368 e. The molecule has 3 N–H and O–H groups in total. The number of carbonyl (C=O) groups excluding carboxylic acids is 1. The monoisotopic (exact) mass is 488 g/mol. The van der Waals surface area contributed by atoms with E-state index in [2.05, 4.69) is 32.5 Å². The van der Waals surface area contributed by atoms with E-state index in [0.717, 1.165) is 37.4 Å². The summed E-state index contributed by atoms with van der Waals surface area (Å²) < 4.78 is 40.5. The fourth-order valence-corrected chi connectivity index (χ4v) is 4.14. The Morgan fingerprint density at radius 2 is 1.83 bits per heavy atom. The summed E-state index contributed by atoms with van der Waals surface area (Å²) in [4.78, 5) is 20.7. The van der Waals surface area contributed by atoms with Gasteiger partial charge in [0.2, 0.25) is 0 Å². The summed E-state index contributed by atoms with van der Waals surface area (Å²) in [6.07, 6.45) is 2.69. The van der Waals surface area contributed by atoms with Crippen LogP contribution >= 0.6 is 0 Å². The maximum atomic E-state index is 13.0. The van der Waals surface area contributed by atoms with Crippen LogP contribution in [0.2, 0.25) is 0 Å². The van der Waals surface area contributed by atoms with Crippen LogP contribution in [0.4, 0.5) is 24.8 Å². The van der Waals surface area contributed by atoms with E-state index in [1.807, 2.05) is 20.8 Å². The third-order valence-electron chi connectivity index (χ3n) is 5.88. The van der Waals surface area contributed by atoms with Gasteiger partial charge in [-0.15, -0.1) is 0 Å². The Morgan fingerprint density at radius 1 is 1.14 bits per heavy atom. The third-order valence-corrected chi connectivity index (χ3v) is 5.88. The van der Waals surface area contributed by atoms with Crippen LogP contribution in [0.25, 0.3) is 5.65 Å². The normalized spacial score (nSPS) is 17.8. The number of hydrogen-bond acceptors (Lipinski definition) is 5. The molecule has 1 saturated carbocycles. The van der Waals surface area contributed by atoms with Gasteiger partial charge in [0.1, 0.15) is 17.3 Å². The Balaban J connectivity index is 0.00000167. The molecule has 0 bridgehead atoms. The van der Waals surface area contributed by atoms with Gasteiger partial charge < -0.3 is 16.0 Å². The van der Waals surface area contributed by atoms with E-state index in [1.165, 1.54) is 10.6 Å². The lowest BCUT2D eigenvalue weighted by Crippen LogP contribution is -2.40. The molecule has 0 spiro atoms. The maximum absolute atomic E-state index is 13.0. The minimum atomic E-state index is -4.49. The summed E-state index contributed by atoms with van der Waals surface area (Å²) in [6.45, 7) is 9.45. The highest BCUT2D eigenvalue weighted by Crippen LogP contribution is 2.30. The average molecular weight is 489 g/mol. The second kappa shape index (κ2) is 11.2. The largest absolute Gasteiger partial charge is 0.434 e. The Labute approximate surface area is 202 Å². The van der Waals surface area contributed by atoms with Gasteiger partial charge in [-0.05, 0) is 57.0 Å². The van der Waals surface area contributed by atoms with Gasteiger partial charge in [0.15, 0.2) is 5.69 Å². The number of anilines is 2. The maximum Gasteiger partial charge on any atom is 0.434 e. The number of nitrogens with zero attached hydrogens (tertiary/aromatic N) is 3. The fourth-order valence-electron chi connectivity index (χ4n) is 4.14. The molecule has 0 radical (unpaired) electrons. The number of alkyl halides is 3.